The average Bonchev–Trinajstić information content (AvgIpc) is 2.96. The van der Waals surface area contributed by atoms with Gasteiger partial charge in [-0.15, -0.1) is 0 Å². The third-order valence-electron chi connectivity index (χ3n) is 4.30. The third kappa shape index (κ3) is 2.15. The normalized spacial score (nSPS) is 11.1. The third-order valence-corrected chi connectivity index (χ3v) is 4.30. The zero-order chi connectivity index (χ0) is 16.7. The highest BCUT2D eigenvalue weighted by atomic mass is 16.1. The average molecular weight is 315 g/mol. The SMILES string of the molecule is Cc1[nH]n2c(=O)c(C)c(-c3ccccc3)nc2c1-c1ccccc1. The van der Waals surface area contributed by atoms with Crippen LogP contribution >= 0.6 is 0 Å². The van der Waals surface area contributed by atoms with Gasteiger partial charge in [0.1, 0.15) is 0 Å². The molecule has 0 aliphatic rings. The van der Waals surface area contributed by atoms with Gasteiger partial charge in [-0.3, -0.25) is 9.89 Å². The summed E-state index contributed by atoms with van der Waals surface area (Å²) in [7, 11) is 0. The second-order valence-corrected chi connectivity index (χ2v) is 5.89. The monoisotopic (exact) mass is 315 g/mol. The van der Waals surface area contributed by atoms with Crippen LogP contribution in [0.25, 0.3) is 28.0 Å². The van der Waals surface area contributed by atoms with Gasteiger partial charge < -0.3 is 0 Å². The summed E-state index contributed by atoms with van der Waals surface area (Å²) < 4.78 is 1.54. The van der Waals surface area contributed by atoms with Gasteiger partial charge in [-0.2, -0.15) is 0 Å². The summed E-state index contributed by atoms with van der Waals surface area (Å²) in [6.07, 6.45) is 0. The number of benzene rings is 2. The second-order valence-electron chi connectivity index (χ2n) is 5.89. The van der Waals surface area contributed by atoms with E-state index in [4.69, 9.17) is 4.98 Å². The first kappa shape index (κ1) is 14.5. The lowest BCUT2D eigenvalue weighted by atomic mass is 10.1. The summed E-state index contributed by atoms with van der Waals surface area (Å²) in [6, 6.07) is 19.9. The van der Waals surface area contributed by atoms with Crippen LogP contribution in [0.2, 0.25) is 0 Å². The van der Waals surface area contributed by atoms with Crippen molar-refractivity contribution in [1.82, 2.24) is 14.6 Å². The predicted molar refractivity (Wildman–Crippen MR) is 96.2 cm³/mol. The fourth-order valence-corrected chi connectivity index (χ4v) is 3.10. The molecule has 0 saturated heterocycles. The maximum Gasteiger partial charge on any atom is 0.276 e. The number of aromatic amines is 1. The molecule has 4 heteroatoms. The summed E-state index contributed by atoms with van der Waals surface area (Å²) in [5.74, 6) is 0. The molecule has 4 nitrogen and oxygen atoms in total. The maximum atomic E-state index is 12.8. The number of nitrogens with zero attached hydrogens (tertiary/aromatic N) is 2. The van der Waals surface area contributed by atoms with Crippen LogP contribution in [-0.2, 0) is 0 Å². The molecule has 118 valence electrons. The van der Waals surface area contributed by atoms with E-state index in [-0.39, 0.29) is 5.56 Å². The van der Waals surface area contributed by atoms with Gasteiger partial charge in [0.05, 0.1) is 5.69 Å². The van der Waals surface area contributed by atoms with Crippen LogP contribution in [0, 0.1) is 13.8 Å². The molecule has 4 aromatic rings. The van der Waals surface area contributed by atoms with Crippen LogP contribution in [0.15, 0.2) is 65.5 Å². The van der Waals surface area contributed by atoms with Gasteiger partial charge in [0.2, 0.25) is 0 Å². The van der Waals surface area contributed by atoms with Crippen molar-refractivity contribution >= 4 is 5.65 Å². The first-order valence-corrected chi connectivity index (χ1v) is 7.89. The molecule has 0 fully saturated rings. The van der Waals surface area contributed by atoms with Crippen LogP contribution in [0.5, 0.6) is 0 Å². The zero-order valence-corrected chi connectivity index (χ0v) is 13.6. The van der Waals surface area contributed by atoms with Crippen LogP contribution in [-0.4, -0.2) is 14.6 Å². The number of hydrogen-bond acceptors (Lipinski definition) is 2. The highest BCUT2D eigenvalue weighted by Gasteiger charge is 2.17. The van der Waals surface area contributed by atoms with E-state index in [9.17, 15) is 4.79 Å². The molecule has 0 aliphatic heterocycles. The van der Waals surface area contributed by atoms with Crippen molar-refractivity contribution in [2.45, 2.75) is 13.8 Å². The molecule has 0 amide bonds. The number of rotatable bonds is 2. The lowest BCUT2D eigenvalue weighted by Crippen LogP contribution is -2.19. The summed E-state index contributed by atoms with van der Waals surface area (Å²) >= 11 is 0. The molecule has 0 atom stereocenters. The number of fused-ring (bicyclic) bond motifs is 1. The first-order valence-electron chi connectivity index (χ1n) is 7.89. The van der Waals surface area contributed by atoms with Crippen LogP contribution < -0.4 is 5.56 Å². The molecule has 2 heterocycles. The summed E-state index contributed by atoms with van der Waals surface area (Å²) in [6.45, 7) is 3.79. The van der Waals surface area contributed by atoms with Crippen molar-refractivity contribution < 1.29 is 0 Å². The molecular formula is C20H17N3O. The minimum Gasteiger partial charge on any atom is -0.293 e. The van der Waals surface area contributed by atoms with E-state index >= 15 is 0 Å². The first-order chi connectivity index (χ1) is 11.7. The van der Waals surface area contributed by atoms with Gasteiger partial charge in [0.15, 0.2) is 5.65 Å². The molecule has 0 radical (unpaired) electrons. The second kappa shape index (κ2) is 5.49. The Morgan fingerprint density at radius 3 is 2.08 bits per heavy atom. The Morgan fingerprint density at radius 2 is 1.46 bits per heavy atom. The van der Waals surface area contributed by atoms with Gasteiger partial charge in [-0.1, -0.05) is 60.7 Å². The Labute approximate surface area is 139 Å². The largest absolute Gasteiger partial charge is 0.293 e. The topological polar surface area (TPSA) is 50.2 Å². The number of aromatic nitrogens is 3. The number of nitrogens with one attached hydrogen (secondary N) is 1. The van der Waals surface area contributed by atoms with Crippen LogP contribution in [0.1, 0.15) is 11.3 Å². The number of aryl methyl sites for hydroxylation is 1. The quantitative estimate of drug-likeness (QED) is 0.608. The molecule has 0 bridgehead atoms. The Bertz CT molecular complexity index is 1080. The Balaban J connectivity index is 2.09. The van der Waals surface area contributed by atoms with E-state index in [1.807, 2.05) is 74.5 Å². The Kier molecular flexibility index (Phi) is 3.31. The van der Waals surface area contributed by atoms with Crippen molar-refractivity contribution in [2.75, 3.05) is 0 Å². The van der Waals surface area contributed by atoms with Crippen molar-refractivity contribution in [3.63, 3.8) is 0 Å². The Hall–Kier alpha value is -3.14. The smallest absolute Gasteiger partial charge is 0.276 e. The maximum absolute atomic E-state index is 12.8. The van der Waals surface area contributed by atoms with E-state index in [2.05, 4.69) is 5.10 Å². The summed E-state index contributed by atoms with van der Waals surface area (Å²) in [4.78, 5) is 17.6. The number of hydrogen-bond donors (Lipinski definition) is 1. The highest BCUT2D eigenvalue weighted by molar-refractivity contribution is 5.81. The fraction of sp³-hybridized carbons (Fsp3) is 0.100. The fourth-order valence-electron chi connectivity index (χ4n) is 3.10. The molecule has 0 spiro atoms. The number of H-pyrrole nitrogens is 1. The van der Waals surface area contributed by atoms with Gasteiger partial charge in [0, 0.05) is 22.4 Å². The molecule has 4 rings (SSSR count). The molecular weight excluding hydrogens is 298 g/mol. The van der Waals surface area contributed by atoms with Gasteiger partial charge in [-0.25, -0.2) is 9.50 Å². The van der Waals surface area contributed by atoms with E-state index in [1.165, 1.54) is 0 Å². The lowest BCUT2D eigenvalue weighted by Gasteiger charge is -2.06. The van der Waals surface area contributed by atoms with Crippen LogP contribution in [0.3, 0.4) is 0 Å². The van der Waals surface area contributed by atoms with E-state index in [0.29, 0.717) is 11.2 Å². The van der Waals surface area contributed by atoms with E-state index in [1.54, 1.807) is 4.52 Å². The minimum absolute atomic E-state index is 0.0656. The van der Waals surface area contributed by atoms with Crippen molar-refractivity contribution in [1.29, 1.82) is 0 Å². The van der Waals surface area contributed by atoms with E-state index in [0.717, 1.165) is 28.1 Å². The van der Waals surface area contributed by atoms with Gasteiger partial charge in [-0.05, 0) is 19.4 Å². The Morgan fingerprint density at radius 1 is 0.875 bits per heavy atom. The standard InChI is InChI=1S/C20H17N3O/c1-13-18(16-11-7-4-8-12-16)21-19-17(15-9-5-3-6-10-15)14(2)22-23(19)20(13)24/h3-12,22H,1-2H3. The van der Waals surface area contributed by atoms with Crippen molar-refractivity contribution in [3.05, 3.63) is 82.3 Å². The van der Waals surface area contributed by atoms with Crippen molar-refractivity contribution in [2.24, 2.45) is 0 Å². The lowest BCUT2D eigenvalue weighted by molar-refractivity contribution is 0.871. The summed E-state index contributed by atoms with van der Waals surface area (Å²) in [5, 5.41) is 3.16. The molecule has 2 aromatic carbocycles. The summed E-state index contributed by atoms with van der Waals surface area (Å²) in [5.41, 5.74) is 5.85. The van der Waals surface area contributed by atoms with Crippen LogP contribution in [0.4, 0.5) is 0 Å². The zero-order valence-electron chi connectivity index (χ0n) is 13.6. The molecule has 0 saturated carbocycles. The minimum atomic E-state index is -0.0656. The molecule has 2 aromatic heterocycles. The molecule has 24 heavy (non-hydrogen) atoms. The van der Waals surface area contributed by atoms with Crippen molar-refractivity contribution in [3.8, 4) is 22.4 Å². The molecule has 0 aliphatic carbocycles. The van der Waals surface area contributed by atoms with E-state index < -0.39 is 0 Å². The molecule has 0 unspecified atom stereocenters. The van der Waals surface area contributed by atoms with Gasteiger partial charge >= 0.3 is 0 Å². The molecule has 1 N–H and O–H groups in total. The van der Waals surface area contributed by atoms with Gasteiger partial charge in [0.25, 0.3) is 5.56 Å². The predicted octanol–water partition coefficient (Wildman–Crippen LogP) is 3.97. The highest BCUT2D eigenvalue weighted by Crippen LogP contribution is 2.28.